The van der Waals surface area contributed by atoms with Gasteiger partial charge in [0.25, 0.3) is 0 Å². The molecule has 0 heterocycles. The zero-order valence-corrected chi connectivity index (χ0v) is 10.4. The van der Waals surface area contributed by atoms with Gasteiger partial charge in [-0.15, -0.1) is 0 Å². The molecule has 1 aliphatic rings. The van der Waals surface area contributed by atoms with Gasteiger partial charge in [-0.25, -0.2) is 0 Å². The van der Waals surface area contributed by atoms with Crippen LogP contribution >= 0.6 is 0 Å². The molecule has 92 valence electrons. The number of hydrogen-bond donors (Lipinski definition) is 2. The van der Waals surface area contributed by atoms with E-state index in [1.807, 2.05) is 12.1 Å². The summed E-state index contributed by atoms with van der Waals surface area (Å²) in [7, 11) is 0. The van der Waals surface area contributed by atoms with Gasteiger partial charge >= 0.3 is 0 Å². The molecule has 3 nitrogen and oxygen atoms in total. The van der Waals surface area contributed by atoms with Crippen molar-refractivity contribution in [1.29, 1.82) is 0 Å². The first kappa shape index (κ1) is 12.0. The first-order chi connectivity index (χ1) is 8.24. The van der Waals surface area contributed by atoms with E-state index in [1.165, 1.54) is 24.8 Å². The summed E-state index contributed by atoms with van der Waals surface area (Å²) in [5.74, 6) is 1.50. The third kappa shape index (κ3) is 4.47. The molecule has 3 N–H and O–H groups in total. The Morgan fingerprint density at radius 3 is 2.71 bits per heavy atom. The van der Waals surface area contributed by atoms with Crippen LogP contribution < -0.4 is 11.1 Å². The zero-order valence-electron chi connectivity index (χ0n) is 10.4. The van der Waals surface area contributed by atoms with E-state index in [9.17, 15) is 0 Å². The minimum Gasteiger partial charge on any atom is -0.370 e. The lowest BCUT2D eigenvalue weighted by molar-refractivity contribution is 0.675. The highest BCUT2D eigenvalue weighted by Gasteiger charge is 2.19. The quantitative estimate of drug-likeness (QED) is 0.465. The lowest BCUT2D eigenvalue weighted by atomic mass is 10.2. The molecule has 2 rings (SSSR count). The van der Waals surface area contributed by atoms with Crippen molar-refractivity contribution in [3.8, 4) is 0 Å². The number of nitrogens with zero attached hydrogens (tertiary/aromatic N) is 1. The van der Waals surface area contributed by atoms with Crippen molar-refractivity contribution < 1.29 is 0 Å². The molecule has 0 bridgehead atoms. The predicted octanol–water partition coefficient (Wildman–Crippen LogP) is 2.91. The molecule has 3 heteroatoms. The molecular weight excluding hydrogens is 210 g/mol. The van der Waals surface area contributed by atoms with E-state index >= 15 is 0 Å². The van der Waals surface area contributed by atoms with Gasteiger partial charge < -0.3 is 11.1 Å². The smallest absolute Gasteiger partial charge is 0.193 e. The number of aliphatic imine (C=N–C) groups is 1. The topological polar surface area (TPSA) is 50.4 Å². The molecule has 1 aromatic rings. The van der Waals surface area contributed by atoms with Crippen LogP contribution in [0, 0.1) is 12.8 Å². The second-order valence-corrected chi connectivity index (χ2v) is 4.84. The van der Waals surface area contributed by atoms with E-state index < -0.39 is 0 Å². The second kappa shape index (κ2) is 5.71. The minimum atomic E-state index is 0.518. The number of hydrogen-bond acceptors (Lipinski definition) is 1. The second-order valence-electron chi connectivity index (χ2n) is 4.84. The first-order valence-corrected chi connectivity index (χ1v) is 6.37. The summed E-state index contributed by atoms with van der Waals surface area (Å²) < 4.78 is 0. The van der Waals surface area contributed by atoms with E-state index in [1.54, 1.807) is 0 Å². The number of rotatable bonds is 5. The molecule has 0 aliphatic heterocycles. The lowest BCUT2D eigenvalue weighted by Crippen LogP contribution is -2.22. The maximum atomic E-state index is 5.82. The average Bonchev–Trinajstić information content (AvgIpc) is 3.12. The van der Waals surface area contributed by atoms with Crippen LogP contribution in [0.25, 0.3) is 0 Å². The standard InChI is InChI=1S/C14H21N3/c1-11-4-8-13(9-5-11)17-14(15)16-10-2-3-12-6-7-12/h4-5,8-9,12H,2-3,6-7,10H2,1H3,(H3,15,16,17). The van der Waals surface area contributed by atoms with E-state index in [4.69, 9.17) is 5.73 Å². The molecule has 0 radical (unpaired) electrons. The fourth-order valence-electron chi connectivity index (χ4n) is 1.81. The van der Waals surface area contributed by atoms with Gasteiger partial charge in [0.05, 0.1) is 0 Å². The molecule has 0 saturated heterocycles. The van der Waals surface area contributed by atoms with Gasteiger partial charge in [0.1, 0.15) is 0 Å². The molecule has 1 aromatic carbocycles. The fourth-order valence-corrected chi connectivity index (χ4v) is 1.81. The Hall–Kier alpha value is -1.51. The summed E-state index contributed by atoms with van der Waals surface area (Å²) in [4.78, 5) is 4.32. The maximum absolute atomic E-state index is 5.82. The van der Waals surface area contributed by atoms with Crippen LogP contribution in [0.3, 0.4) is 0 Å². The molecule has 17 heavy (non-hydrogen) atoms. The average molecular weight is 231 g/mol. The molecule has 1 saturated carbocycles. The van der Waals surface area contributed by atoms with Crippen molar-refractivity contribution in [1.82, 2.24) is 0 Å². The molecule has 1 aliphatic carbocycles. The summed E-state index contributed by atoms with van der Waals surface area (Å²) in [5.41, 5.74) is 8.06. The van der Waals surface area contributed by atoms with E-state index in [-0.39, 0.29) is 0 Å². The van der Waals surface area contributed by atoms with Gasteiger partial charge in [-0.2, -0.15) is 0 Å². The highest BCUT2D eigenvalue weighted by Crippen LogP contribution is 2.33. The van der Waals surface area contributed by atoms with Crippen LogP contribution in [-0.4, -0.2) is 12.5 Å². The summed E-state index contributed by atoms with van der Waals surface area (Å²) >= 11 is 0. The monoisotopic (exact) mass is 231 g/mol. The summed E-state index contributed by atoms with van der Waals surface area (Å²) in [5, 5.41) is 3.10. The van der Waals surface area contributed by atoms with Crippen molar-refractivity contribution in [3.63, 3.8) is 0 Å². The third-order valence-electron chi connectivity index (χ3n) is 3.07. The highest BCUT2D eigenvalue weighted by molar-refractivity contribution is 5.92. The van der Waals surface area contributed by atoms with Gasteiger partial charge in [-0.05, 0) is 37.8 Å². The summed E-state index contributed by atoms with van der Waals surface area (Å²) in [6.07, 6.45) is 5.30. The fraction of sp³-hybridized carbons (Fsp3) is 0.500. The van der Waals surface area contributed by atoms with Crippen molar-refractivity contribution >= 4 is 11.6 Å². The third-order valence-corrected chi connectivity index (χ3v) is 3.07. The molecule has 0 amide bonds. The van der Waals surface area contributed by atoms with Crippen LogP contribution in [0.5, 0.6) is 0 Å². The van der Waals surface area contributed by atoms with Crippen LogP contribution in [0.15, 0.2) is 29.3 Å². The SMILES string of the molecule is Cc1ccc(NC(N)=NCCCC2CC2)cc1. The molecule has 1 fully saturated rings. The molecule has 0 spiro atoms. The molecular formula is C14H21N3. The normalized spacial score (nSPS) is 15.9. The van der Waals surface area contributed by atoms with Gasteiger partial charge in [-0.1, -0.05) is 30.5 Å². The number of aryl methyl sites for hydroxylation is 1. The highest BCUT2D eigenvalue weighted by atomic mass is 15.1. The molecule has 0 unspecified atom stereocenters. The Kier molecular flexibility index (Phi) is 4.02. The lowest BCUT2D eigenvalue weighted by Gasteiger charge is -2.05. The number of nitrogens with two attached hydrogens (primary N) is 1. The van der Waals surface area contributed by atoms with Crippen molar-refractivity contribution in [3.05, 3.63) is 29.8 Å². The van der Waals surface area contributed by atoms with E-state index in [2.05, 4.69) is 29.4 Å². The van der Waals surface area contributed by atoms with Crippen LogP contribution in [-0.2, 0) is 0 Å². The predicted molar refractivity (Wildman–Crippen MR) is 73.2 cm³/mol. The number of benzene rings is 1. The van der Waals surface area contributed by atoms with Crippen molar-refractivity contribution in [2.45, 2.75) is 32.6 Å². The van der Waals surface area contributed by atoms with Gasteiger partial charge in [-0.3, -0.25) is 4.99 Å². The van der Waals surface area contributed by atoms with Crippen molar-refractivity contribution in [2.24, 2.45) is 16.6 Å². The minimum absolute atomic E-state index is 0.518. The van der Waals surface area contributed by atoms with Gasteiger partial charge in [0, 0.05) is 12.2 Å². The molecule has 0 aromatic heterocycles. The Balaban J connectivity index is 1.72. The Bertz CT molecular complexity index is 377. The van der Waals surface area contributed by atoms with Crippen LogP contribution in [0.1, 0.15) is 31.2 Å². The zero-order chi connectivity index (χ0) is 12.1. The summed E-state index contributed by atoms with van der Waals surface area (Å²) in [6, 6.07) is 8.15. The first-order valence-electron chi connectivity index (χ1n) is 6.37. The largest absolute Gasteiger partial charge is 0.370 e. The Morgan fingerprint density at radius 2 is 2.06 bits per heavy atom. The Labute approximate surface area is 103 Å². The Morgan fingerprint density at radius 1 is 1.35 bits per heavy atom. The number of nitrogens with one attached hydrogen (secondary N) is 1. The van der Waals surface area contributed by atoms with Crippen molar-refractivity contribution in [2.75, 3.05) is 11.9 Å². The van der Waals surface area contributed by atoms with Gasteiger partial charge in [0.15, 0.2) is 5.96 Å². The maximum Gasteiger partial charge on any atom is 0.193 e. The number of guanidine groups is 1. The van der Waals surface area contributed by atoms with Crippen LogP contribution in [0.4, 0.5) is 5.69 Å². The molecule has 0 atom stereocenters. The number of anilines is 1. The van der Waals surface area contributed by atoms with E-state index in [0.717, 1.165) is 24.6 Å². The van der Waals surface area contributed by atoms with Gasteiger partial charge in [0.2, 0.25) is 0 Å². The van der Waals surface area contributed by atoms with Crippen LogP contribution in [0.2, 0.25) is 0 Å². The summed E-state index contributed by atoms with van der Waals surface area (Å²) in [6.45, 7) is 2.90. The van der Waals surface area contributed by atoms with E-state index in [0.29, 0.717) is 5.96 Å².